The second-order valence-corrected chi connectivity index (χ2v) is 12.0. The van der Waals surface area contributed by atoms with Crippen molar-refractivity contribution >= 4 is 29.2 Å². The van der Waals surface area contributed by atoms with E-state index in [1.807, 2.05) is 18.2 Å². The zero-order valence-corrected chi connectivity index (χ0v) is 22.7. The van der Waals surface area contributed by atoms with Gasteiger partial charge < -0.3 is 4.90 Å². The first-order chi connectivity index (χ1) is 16.9. The Hall–Kier alpha value is -3.27. The molecule has 2 heterocycles. The molecule has 0 amide bonds. The van der Waals surface area contributed by atoms with Crippen molar-refractivity contribution in [3.05, 3.63) is 90.5 Å². The predicted molar refractivity (Wildman–Crippen MR) is 150 cm³/mol. The van der Waals surface area contributed by atoms with E-state index in [2.05, 4.69) is 107 Å². The lowest BCUT2D eigenvalue weighted by Crippen LogP contribution is -2.66. The van der Waals surface area contributed by atoms with Crippen molar-refractivity contribution in [2.45, 2.75) is 84.3 Å². The summed E-state index contributed by atoms with van der Waals surface area (Å²) in [5.41, 5.74) is 5.02. The van der Waals surface area contributed by atoms with Gasteiger partial charge in [-0.3, -0.25) is 9.59 Å². The standard InChI is InChI=1S/C32H37N2O2/c1-19(2)33-25-15-11-9-13-23(25)31(5,6)27(33)17-21-29(35)22(30(21)36)18-28-32(7,8)24-14-10-12-16-26(24)34(28)20(3)4/h9-20,27H,1-8H3/q+1. The molecule has 4 heteroatoms. The summed E-state index contributed by atoms with van der Waals surface area (Å²) in [5, 5.41) is 0.620. The lowest BCUT2D eigenvalue weighted by Gasteiger charge is -2.35. The summed E-state index contributed by atoms with van der Waals surface area (Å²) in [5.74, 6) is 0. The molecular weight excluding hydrogens is 444 g/mol. The number of anilines is 1. The SMILES string of the molecule is CC(C)N1c2ccccc2C(C)(C)C1C=c1c(=O)c(=CC2=[N+](C(C)C)c3ccccc3C2(C)C)c1=O. The van der Waals surface area contributed by atoms with Crippen molar-refractivity contribution in [2.75, 3.05) is 4.90 Å². The fraction of sp³-hybridized carbons (Fsp3) is 0.406. The summed E-state index contributed by atoms with van der Waals surface area (Å²) in [6.07, 6.45) is 3.79. The molecule has 0 radical (unpaired) electrons. The van der Waals surface area contributed by atoms with Crippen molar-refractivity contribution < 1.29 is 4.58 Å². The van der Waals surface area contributed by atoms with Crippen LogP contribution in [0.4, 0.5) is 11.4 Å². The van der Waals surface area contributed by atoms with Crippen molar-refractivity contribution in [1.82, 2.24) is 0 Å². The van der Waals surface area contributed by atoms with E-state index in [0.29, 0.717) is 10.4 Å². The van der Waals surface area contributed by atoms with Crippen molar-refractivity contribution in [3.8, 4) is 0 Å². The smallest absolute Gasteiger partial charge is 0.209 e. The Bertz CT molecular complexity index is 1560. The number of rotatable bonds is 4. The Morgan fingerprint density at radius 1 is 0.833 bits per heavy atom. The van der Waals surface area contributed by atoms with Gasteiger partial charge in [0.2, 0.25) is 16.5 Å². The van der Waals surface area contributed by atoms with Crippen LogP contribution in [-0.2, 0) is 10.8 Å². The highest BCUT2D eigenvalue weighted by molar-refractivity contribution is 6.15. The normalized spacial score (nSPS) is 19.8. The molecular formula is C32H37N2O2+. The first-order valence-electron chi connectivity index (χ1n) is 13.1. The average molecular weight is 482 g/mol. The highest BCUT2D eigenvalue weighted by Crippen LogP contribution is 2.46. The molecule has 0 N–H and O–H groups in total. The Morgan fingerprint density at radius 3 is 2.03 bits per heavy atom. The van der Waals surface area contributed by atoms with Crippen molar-refractivity contribution in [3.63, 3.8) is 0 Å². The second-order valence-electron chi connectivity index (χ2n) is 12.0. The molecule has 0 saturated carbocycles. The number of benzene rings is 2. The van der Waals surface area contributed by atoms with Crippen LogP contribution >= 0.6 is 0 Å². The van der Waals surface area contributed by atoms with Crippen LogP contribution < -0.4 is 26.2 Å². The molecule has 186 valence electrons. The lowest BCUT2D eigenvalue weighted by atomic mass is 9.79. The molecule has 0 bridgehead atoms. The molecule has 0 spiro atoms. The fourth-order valence-corrected chi connectivity index (χ4v) is 6.39. The van der Waals surface area contributed by atoms with Crippen molar-refractivity contribution in [2.24, 2.45) is 0 Å². The average Bonchev–Trinajstić information content (AvgIpc) is 3.20. The van der Waals surface area contributed by atoms with Crippen LogP contribution in [0, 0.1) is 0 Å². The Labute approximate surface area is 213 Å². The van der Waals surface area contributed by atoms with E-state index in [1.54, 1.807) is 0 Å². The van der Waals surface area contributed by atoms with Gasteiger partial charge in [-0.15, -0.1) is 0 Å². The van der Waals surface area contributed by atoms with E-state index in [4.69, 9.17) is 0 Å². The van der Waals surface area contributed by atoms with Crippen LogP contribution in [0.15, 0.2) is 58.1 Å². The quantitative estimate of drug-likeness (QED) is 0.531. The largest absolute Gasteiger partial charge is 0.362 e. The Balaban J connectivity index is 1.66. The Morgan fingerprint density at radius 2 is 1.42 bits per heavy atom. The molecule has 2 aliphatic rings. The molecule has 0 aliphatic carbocycles. The molecule has 36 heavy (non-hydrogen) atoms. The van der Waals surface area contributed by atoms with Gasteiger partial charge in [-0.25, -0.2) is 0 Å². The highest BCUT2D eigenvalue weighted by Gasteiger charge is 2.46. The van der Waals surface area contributed by atoms with Gasteiger partial charge in [-0.1, -0.05) is 50.2 Å². The van der Waals surface area contributed by atoms with Gasteiger partial charge >= 0.3 is 0 Å². The van der Waals surface area contributed by atoms with E-state index < -0.39 is 0 Å². The van der Waals surface area contributed by atoms with Crippen LogP contribution in [-0.4, -0.2) is 28.4 Å². The molecule has 4 nitrogen and oxygen atoms in total. The van der Waals surface area contributed by atoms with E-state index >= 15 is 0 Å². The maximum absolute atomic E-state index is 13.5. The summed E-state index contributed by atoms with van der Waals surface area (Å²) in [6.45, 7) is 17.4. The van der Waals surface area contributed by atoms with E-state index in [0.717, 1.165) is 11.4 Å². The van der Waals surface area contributed by atoms with Crippen LogP contribution in [0.5, 0.6) is 0 Å². The summed E-state index contributed by atoms with van der Waals surface area (Å²) < 4.78 is 2.27. The first-order valence-corrected chi connectivity index (χ1v) is 13.1. The molecule has 3 aromatic rings. The zero-order valence-electron chi connectivity index (χ0n) is 22.7. The number of hydrogen-bond acceptors (Lipinski definition) is 3. The summed E-state index contributed by atoms with van der Waals surface area (Å²) in [4.78, 5) is 29.3. The minimum Gasteiger partial charge on any atom is -0.362 e. The number of fused-ring (bicyclic) bond motifs is 2. The summed E-state index contributed by atoms with van der Waals surface area (Å²) in [7, 11) is 0. The maximum Gasteiger partial charge on any atom is 0.209 e. The third kappa shape index (κ3) is 3.30. The maximum atomic E-state index is 13.5. The highest BCUT2D eigenvalue weighted by atomic mass is 16.1. The van der Waals surface area contributed by atoms with Crippen LogP contribution in [0.3, 0.4) is 0 Å². The first kappa shape index (κ1) is 24.4. The molecule has 5 rings (SSSR count). The topological polar surface area (TPSA) is 40.4 Å². The van der Waals surface area contributed by atoms with E-state index in [1.165, 1.54) is 16.8 Å². The fourth-order valence-electron chi connectivity index (χ4n) is 6.39. The minimum absolute atomic E-state index is 0.0636. The van der Waals surface area contributed by atoms with Gasteiger partial charge in [0, 0.05) is 34.9 Å². The molecule has 1 unspecified atom stereocenters. The Kier molecular flexibility index (Phi) is 5.51. The second kappa shape index (κ2) is 8.12. The van der Waals surface area contributed by atoms with Gasteiger partial charge in [0.15, 0.2) is 11.8 Å². The van der Waals surface area contributed by atoms with Gasteiger partial charge in [0.05, 0.1) is 21.9 Å². The third-order valence-electron chi connectivity index (χ3n) is 8.31. The van der Waals surface area contributed by atoms with Crippen LogP contribution in [0.25, 0.3) is 12.2 Å². The number of nitrogens with zero attached hydrogens (tertiary/aromatic N) is 2. The van der Waals surface area contributed by atoms with Gasteiger partial charge in [0.1, 0.15) is 0 Å². The van der Waals surface area contributed by atoms with Gasteiger partial charge in [0.25, 0.3) is 0 Å². The summed E-state index contributed by atoms with van der Waals surface area (Å²) >= 11 is 0. The number of hydrogen-bond donors (Lipinski definition) is 0. The van der Waals surface area contributed by atoms with Gasteiger partial charge in [-0.2, -0.15) is 4.58 Å². The van der Waals surface area contributed by atoms with E-state index in [9.17, 15) is 9.59 Å². The monoisotopic (exact) mass is 481 g/mol. The lowest BCUT2D eigenvalue weighted by molar-refractivity contribution is -0.472. The molecule has 0 saturated heterocycles. The molecule has 3 aromatic carbocycles. The van der Waals surface area contributed by atoms with Crippen molar-refractivity contribution in [1.29, 1.82) is 0 Å². The predicted octanol–water partition coefficient (Wildman–Crippen LogP) is 3.90. The molecule has 0 aromatic heterocycles. The third-order valence-corrected chi connectivity index (χ3v) is 8.31. The molecule has 2 aliphatic heterocycles. The summed E-state index contributed by atoms with van der Waals surface area (Å²) in [6, 6.07) is 17.2. The molecule has 1 atom stereocenters. The van der Waals surface area contributed by atoms with Gasteiger partial charge in [-0.05, 0) is 59.2 Å². The van der Waals surface area contributed by atoms with Crippen LogP contribution in [0.2, 0.25) is 0 Å². The van der Waals surface area contributed by atoms with Crippen LogP contribution in [0.1, 0.15) is 66.5 Å². The minimum atomic E-state index is -0.294. The van der Waals surface area contributed by atoms with E-state index in [-0.39, 0.29) is 39.8 Å². The zero-order chi connectivity index (χ0) is 26.2. The number of para-hydroxylation sites is 2. The molecule has 0 fully saturated rings.